The smallest absolute Gasteiger partial charge is 0.423 e. The fourth-order valence-electron chi connectivity index (χ4n) is 3.75. The topological polar surface area (TPSA) is 81.1 Å². The van der Waals surface area contributed by atoms with Gasteiger partial charge in [0.1, 0.15) is 0 Å². The molecule has 0 bridgehead atoms. The van der Waals surface area contributed by atoms with Crippen LogP contribution in [0.25, 0.3) is 0 Å². The van der Waals surface area contributed by atoms with Gasteiger partial charge in [0, 0.05) is 28.4 Å². The second kappa shape index (κ2) is 11.0. The molecule has 0 N–H and O–H groups in total. The fourth-order valence-corrected chi connectivity index (χ4v) is 4.59. The standard InChI is InChI=1S/C25H17F6N3O4S/c26-24(27,28)21(35)37-23(17-9-3-1-4-10-17)20(16-8-7-13-32-14-16)34(38-22(36)25(29,30)31)19(33-23)15-39-18-11-5-2-6-12-18/h1-14,20H,15H2. The van der Waals surface area contributed by atoms with Crippen LogP contribution in [-0.2, 0) is 24.9 Å². The van der Waals surface area contributed by atoms with E-state index in [9.17, 15) is 35.9 Å². The van der Waals surface area contributed by atoms with Crippen molar-refractivity contribution >= 4 is 29.5 Å². The minimum Gasteiger partial charge on any atom is -0.423 e. The van der Waals surface area contributed by atoms with Crippen LogP contribution in [0.15, 0.2) is 95.1 Å². The Kier molecular flexibility index (Phi) is 7.86. The molecule has 204 valence electrons. The molecule has 0 amide bonds. The summed E-state index contributed by atoms with van der Waals surface area (Å²) < 4.78 is 85.3. The summed E-state index contributed by atoms with van der Waals surface area (Å²) in [7, 11) is 0. The summed E-state index contributed by atoms with van der Waals surface area (Å²) in [5.41, 5.74) is -2.78. The van der Waals surface area contributed by atoms with E-state index in [4.69, 9.17) is 9.57 Å². The number of alkyl halides is 6. The number of aliphatic imine (C=N–C) groups is 1. The molecule has 0 fully saturated rings. The van der Waals surface area contributed by atoms with Crippen LogP contribution in [0.1, 0.15) is 17.2 Å². The maximum Gasteiger partial charge on any atom is 0.493 e. The van der Waals surface area contributed by atoms with E-state index in [1.165, 1.54) is 48.7 Å². The van der Waals surface area contributed by atoms with Crippen molar-refractivity contribution in [2.24, 2.45) is 4.99 Å². The lowest BCUT2D eigenvalue weighted by atomic mass is 9.91. The van der Waals surface area contributed by atoms with E-state index < -0.39 is 41.9 Å². The van der Waals surface area contributed by atoms with Crippen molar-refractivity contribution in [1.29, 1.82) is 0 Å². The number of carbonyl (C=O) groups excluding carboxylic acids is 2. The summed E-state index contributed by atoms with van der Waals surface area (Å²) in [5, 5.41) is 0.430. The van der Waals surface area contributed by atoms with Gasteiger partial charge in [0.05, 0.1) is 5.75 Å². The van der Waals surface area contributed by atoms with Crippen LogP contribution in [-0.4, -0.2) is 45.9 Å². The van der Waals surface area contributed by atoms with Gasteiger partial charge in [0.2, 0.25) is 0 Å². The van der Waals surface area contributed by atoms with E-state index in [0.717, 1.165) is 18.0 Å². The molecule has 0 spiro atoms. The summed E-state index contributed by atoms with van der Waals surface area (Å²) in [6.45, 7) is 0. The molecule has 0 aliphatic carbocycles. The van der Waals surface area contributed by atoms with Gasteiger partial charge < -0.3 is 9.57 Å². The van der Waals surface area contributed by atoms with Crippen molar-refractivity contribution in [2.75, 3.05) is 5.75 Å². The highest BCUT2D eigenvalue weighted by Gasteiger charge is 2.60. The van der Waals surface area contributed by atoms with Crippen LogP contribution < -0.4 is 0 Å². The first-order chi connectivity index (χ1) is 18.4. The Morgan fingerprint density at radius 2 is 1.49 bits per heavy atom. The van der Waals surface area contributed by atoms with Gasteiger partial charge in [-0.1, -0.05) is 54.6 Å². The average molecular weight is 569 g/mol. The molecule has 2 heterocycles. The van der Waals surface area contributed by atoms with Crippen LogP contribution in [0.5, 0.6) is 0 Å². The number of aromatic nitrogens is 1. The zero-order chi connectivity index (χ0) is 28.3. The molecular formula is C25H17F6N3O4S. The molecule has 1 aromatic heterocycles. The van der Waals surface area contributed by atoms with Gasteiger partial charge in [-0.25, -0.2) is 14.6 Å². The normalized spacial score (nSPS) is 19.4. The number of hydrogen-bond donors (Lipinski definition) is 0. The predicted molar refractivity (Wildman–Crippen MR) is 126 cm³/mol. The first-order valence-electron chi connectivity index (χ1n) is 11.0. The molecule has 2 atom stereocenters. The quantitative estimate of drug-likeness (QED) is 0.208. The number of esters is 1. The van der Waals surface area contributed by atoms with Crippen molar-refractivity contribution in [2.45, 2.75) is 29.0 Å². The van der Waals surface area contributed by atoms with E-state index in [1.54, 1.807) is 30.3 Å². The summed E-state index contributed by atoms with van der Waals surface area (Å²) in [6.07, 6.45) is -8.51. The molecule has 39 heavy (non-hydrogen) atoms. The molecule has 7 nitrogen and oxygen atoms in total. The van der Waals surface area contributed by atoms with E-state index in [1.807, 2.05) is 0 Å². The lowest BCUT2D eigenvalue weighted by Gasteiger charge is -2.36. The summed E-state index contributed by atoms with van der Waals surface area (Å²) in [5.74, 6) is -5.97. The molecule has 4 rings (SSSR count). The molecule has 1 aliphatic heterocycles. The monoisotopic (exact) mass is 569 g/mol. The number of pyridine rings is 1. The Balaban J connectivity index is 1.92. The number of amidine groups is 1. The highest BCUT2D eigenvalue weighted by Crippen LogP contribution is 2.50. The van der Waals surface area contributed by atoms with Gasteiger partial charge in [-0.15, -0.1) is 11.8 Å². The third-order valence-electron chi connectivity index (χ3n) is 5.35. The molecule has 2 aromatic carbocycles. The van der Waals surface area contributed by atoms with Gasteiger partial charge >= 0.3 is 24.3 Å². The molecule has 0 radical (unpaired) electrons. The number of benzene rings is 2. The van der Waals surface area contributed by atoms with Crippen molar-refractivity contribution in [3.05, 3.63) is 96.3 Å². The van der Waals surface area contributed by atoms with Crippen LogP contribution >= 0.6 is 11.8 Å². The van der Waals surface area contributed by atoms with Gasteiger partial charge in [-0.3, -0.25) is 4.98 Å². The summed E-state index contributed by atoms with van der Waals surface area (Å²) in [4.78, 5) is 37.7. The van der Waals surface area contributed by atoms with Crippen LogP contribution in [0.2, 0.25) is 0 Å². The van der Waals surface area contributed by atoms with Gasteiger partial charge in [-0.2, -0.15) is 31.4 Å². The molecule has 1 aliphatic rings. The Hall–Kier alpha value is -4.07. The maximum atomic E-state index is 13.5. The Morgan fingerprint density at radius 3 is 2.05 bits per heavy atom. The van der Waals surface area contributed by atoms with Crippen molar-refractivity contribution in [3.8, 4) is 0 Å². The van der Waals surface area contributed by atoms with E-state index >= 15 is 0 Å². The SMILES string of the molecule is O=C(ON1C(CSc2ccccc2)=NC(OC(=O)C(F)(F)F)(c2ccccc2)C1c1cccnc1)C(F)(F)F. The van der Waals surface area contributed by atoms with E-state index in [2.05, 4.69) is 9.98 Å². The number of nitrogens with zero attached hydrogens (tertiary/aromatic N) is 3. The lowest BCUT2D eigenvalue weighted by molar-refractivity contribution is -0.245. The Labute approximate surface area is 221 Å². The minimum atomic E-state index is -5.48. The first kappa shape index (κ1) is 28.0. The number of halogens is 6. The lowest BCUT2D eigenvalue weighted by Crippen LogP contribution is -2.46. The largest absolute Gasteiger partial charge is 0.493 e. The van der Waals surface area contributed by atoms with Crippen LogP contribution in [0.3, 0.4) is 0 Å². The van der Waals surface area contributed by atoms with Crippen molar-refractivity contribution in [3.63, 3.8) is 0 Å². The summed E-state index contributed by atoms with van der Waals surface area (Å²) in [6, 6.07) is 16.3. The van der Waals surface area contributed by atoms with Gasteiger partial charge in [0.25, 0.3) is 5.72 Å². The Bertz CT molecular complexity index is 1340. The average Bonchev–Trinajstić information content (AvgIpc) is 3.21. The predicted octanol–water partition coefficient (Wildman–Crippen LogP) is 5.61. The summed E-state index contributed by atoms with van der Waals surface area (Å²) >= 11 is 1.05. The van der Waals surface area contributed by atoms with Crippen molar-refractivity contribution in [1.82, 2.24) is 10.0 Å². The number of ether oxygens (including phenoxy) is 1. The fraction of sp³-hybridized carbons (Fsp3) is 0.200. The van der Waals surface area contributed by atoms with Crippen LogP contribution in [0, 0.1) is 0 Å². The number of rotatable bonds is 7. The zero-order valence-corrected chi connectivity index (χ0v) is 20.3. The molecule has 3 aromatic rings. The zero-order valence-electron chi connectivity index (χ0n) is 19.5. The number of thioether (sulfide) groups is 1. The minimum absolute atomic E-state index is 0.0465. The maximum absolute atomic E-state index is 13.5. The molecule has 14 heteroatoms. The number of hydroxylamine groups is 2. The van der Waals surface area contributed by atoms with Gasteiger partial charge in [0.15, 0.2) is 11.9 Å². The van der Waals surface area contributed by atoms with E-state index in [-0.39, 0.29) is 16.9 Å². The molecule has 2 unspecified atom stereocenters. The number of carbonyl (C=O) groups is 2. The van der Waals surface area contributed by atoms with Gasteiger partial charge in [-0.05, 0) is 18.2 Å². The molecular weight excluding hydrogens is 552 g/mol. The second-order valence-corrected chi connectivity index (χ2v) is 9.02. The third kappa shape index (κ3) is 6.16. The Morgan fingerprint density at radius 1 is 0.872 bits per heavy atom. The van der Waals surface area contributed by atoms with Crippen molar-refractivity contribution < 1.29 is 45.5 Å². The molecule has 0 saturated heterocycles. The van der Waals surface area contributed by atoms with Crippen LogP contribution in [0.4, 0.5) is 26.3 Å². The first-order valence-corrected chi connectivity index (χ1v) is 12.0. The highest BCUT2D eigenvalue weighted by molar-refractivity contribution is 8.00. The number of hydrogen-bond acceptors (Lipinski definition) is 8. The highest BCUT2D eigenvalue weighted by atomic mass is 32.2. The second-order valence-electron chi connectivity index (χ2n) is 7.97. The van der Waals surface area contributed by atoms with E-state index in [0.29, 0.717) is 9.96 Å². The molecule has 0 saturated carbocycles. The third-order valence-corrected chi connectivity index (χ3v) is 6.35.